The van der Waals surface area contributed by atoms with E-state index in [2.05, 4.69) is 4.98 Å². The Bertz CT molecular complexity index is 383. The molecular weight excluding hydrogens is 164 g/mol. The number of nitrogen functional groups attached to an aromatic ring is 1. The molecule has 2 N–H and O–H groups in total. The summed E-state index contributed by atoms with van der Waals surface area (Å²) in [6, 6.07) is 0. The van der Waals surface area contributed by atoms with Crippen LogP contribution in [-0.4, -0.2) is 14.5 Å². The fraction of sp³-hybridized carbons (Fsp3) is 0.200. The van der Waals surface area contributed by atoms with Gasteiger partial charge in [0.25, 0.3) is 0 Å². The van der Waals surface area contributed by atoms with Crippen LogP contribution in [0.5, 0.6) is 0 Å². The normalized spacial score (nSPS) is 9.75. The second-order valence-electron chi connectivity index (χ2n) is 2.16. The van der Waals surface area contributed by atoms with E-state index in [1.54, 1.807) is 0 Å². The predicted molar refractivity (Wildman–Crippen MR) is 40.5 cm³/mol. The Morgan fingerprint density at radius 2 is 2.33 bits per heavy atom. The van der Waals surface area contributed by atoms with Gasteiger partial charge < -0.3 is 5.73 Å². The molecule has 0 saturated heterocycles. The van der Waals surface area contributed by atoms with Crippen molar-refractivity contribution in [1.82, 2.24) is 9.55 Å². The number of aromatic nitrogens is 2. The highest BCUT2D eigenvalue weighted by molar-refractivity contribution is 5.49. The van der Waals surface area contributed by atoms with Crippen LogP contribution in [0.2, 0.25) is 0 Å². The van der Waals surface area contributed by atoms with Gasteiger partial charge in [-0.2, -0.15) is 4.98 Å². The van der Waals surface area contributed by atoms with Gasteiger partial charge in [0.1, 0.15) is 0 Å². The van der Waals surface area contributed by atoms with Crippen molar-refractivity contribution in [3.63, 3.8) is 0 Å². The molecule has 0 unspecified atom stereocenters. The van der Waals surface area contributed by atoms with Crippen LogP contribution in [0.25, 0.3) is 0 Å². The van der Waals surface area contributed by atoms with Gasteiger partial charge in [-0.15, -0.1) is 0 Å². The van der Waals surface area contributed by atoms with Crippen molar-refractivity contribution < 1.29 is 4.92 Å². The van der Waals surface area contributed by atoms with Crippen LogP contribution < -0.4 is 11.4 Å². The molecule has 0 saturated carbocycles. The SMILES string of the molecule is Cn1cc([N+](=O)[O-])c(N)nc1=O. The summed E-state index contributed by atoms with van der Waals surface area (Å²) in [7, 11) is 1.36. The lowest BCUT2D eigenvalue weighted by Crippen LogP contribution is -2.21. The quantitative estimate of drug-likeness (QED) is 0.442. The summed E-state index contributed by atoms with van der Waals surface area (Å²) in [6.07, 6.45) is 1.03. The van der Waals surface area contributed by atoms with Gasteiger partial charge in [-0.25, -0.2) is 4.79 Å². The minimum atomic E-state index is -0.693. The molecule has 7 heteroatoms. The van der Waals surface area contributed by atoms with Crippen molar-refractivity contribution in [2.75, 3.05) is 5.73 Å². The Labute approximate surface area is 66.6 Å². The summed E-state index contributed by atoms with van der Waals surface area (Å²) in [5.41, 5.74) is 4.15. The van der Waals surface area contributed by atoms with E-state index in [0.717, 1.165) is 10.8 Å². The molecule has 0 aromatic carbocycles. The van der Waals surface area contributed by atoms with E-state index in [4.69, 9.17) is 5.73 Å². The molecule has 7 nitrogen and oxygen atoms in total. The zero-order valence-corrected chi connectivity index (χ0v) is 6.22. The van der Waals surface area contributed by atoms with E-state index in [1.165, 1.54) is 7.05 Å². The van der Waals surface area contributed by atoms with Crippen molar-refractivity contribution >= 4 is 11.5 Å². The van der Waals surface area contributed by atoms with E-state index in [9.17, 15) is 14.9 Å². The first kappa shape index (κ1) is 8.18. The molecule has 0 aliphatic heterocycles. The molecule has 0 atom stereocenters. The summed E-state index contributed by atoms with van der Waals surface area (Å²) in [5.74, 6) is -0.358. The molecule has 0 amide bonds. The predicted octanol–water partition coefficient (Wildman–Crippen LogP) is -0.729. The third-order valence-electron chi connectivity index (χ3n) is 1.29. The van der Waals surface area contributed by atoms with E-state index in [0.29, 0.717) is 0 Å². The zero-order valence-electron chi connectivity index (χ0n) is 6.22. The number of aryl methyl sites for hydroxylation is 1. The van der Waals surface area contributed by atoms with Crippen LogP contribution in [0.3, 0.4) is 0 Å². The standard InChI is InChI=1S/C5H6N4O3/c1-8-2-3(9(11)12)4(6)7-5(8)10/h2H,1H3,(H2,6,7,10). The molecule has 1 heterocycles. The van der Waals surface area contributed by atoms with Crippen LogP contribution in [0.15, 0.2) is 11.0 Å². The minimum Gasteiger partial charge on any atom is -0.378 e. The van der Waals surface area contributed by atoms with Gasteiger partial charge in [0.2, 0.25) is 5.82 Å². The number of rotatable bonds is 1. The van der Waals surface area contributed by atoms with Crippen molar-refractivity contribution in [2.45, 2.75) is 0 Å². The number of anilines is 1. The van der Waals surface area contributed by atoms with Gasteiger partial charge in [-0.1, -0.05) is 0 Å². The minimum absolute atomic E-state index is 0.358. The van der Waals surface area contributed by atoms with E-state index in [1.807, 2.05) is 0 Å². The summed E-state index contributed by atoms with van der Waals surface area (Å²) in [5, 5.41) is 10.3. The van der Waals surface area contributed by atoms with E-state index >= 15 is 0 Å². The van der Waals surface area contributed by atoms with Crippen LogP contribution in [0, 0.1) is 10.1 Å². The molecule has 0 fully saturated rings. The molecular formula is C5H6N4O3. The Kier molecular flexibility index (Phi) is 1.78. The number of hydrogen-bond donors (Lipinski definition) is 1. The van der Waals surface area contributed by atoms with Gasteiger partial charge in [-0.3, -0.25) is 14.7 Å². The third-order valence-corrected chi connectivity index (χ3v) is 1.29. The van der Waals surface area contributed by atoms with Crippen molar-refractivity contribution in [3.8, 4) is 0 Å². The Morgan fingerprint density at radius 3 is 2.83 bits per heavy atom. The summed E-state index contributed by atoms with van der Waals surface area (Å²) >= 11 is 0. The lowest BCUT2D eigenvalue weighted by Gasteiger charge is -1.97. The lowest BCUT2D eigenvalue weighted by atomic mass is 10.5. The average molecular weight is 170 g/mol. The van der Waals surface area contributed by atoms with Gasteiger partial charge in [0, 0.05) is 7.05 Å². The van der Waals surface area contributed by atoms with Gasteiger partial charge in [-0.05, 0) is 0 Å². The van der Waals surface area contributed by atoms with E-state index < -0.39 is 10.6 Å². The Balaban J connectivity index is 3.43. The number of nitrogens with zero attached hydrogens (tertiary/aromatic N) is 3. The maximum Gasteiger partial charge on any atom is 0.349 e. The first-order chi connectivity index (χ1) is 5.52. The third kappa shape index (κ3) is 1.24. The highest BCUT2D eigenvalue weighted by Gasteiger charge is 2.13. The molecule has 64 valence electrons. The summed E-state index contributed by atoms with van der Waals surface area (Å²) < 4.78 is 0.995. The van der Waals surface area contributed by atoms with Crippen LogP contribution in [0.1, 0.15) is 0 Å². The number of nitrogens with two attached hydrogens (primary N) is 1. The number of nitro groups is 1. The molecule has 0 aliphatic carbocycles. The fourth-order valence-corrected chi connectivity index (χ4v) is 0.685. The Morgan fingerprint density at radius 1 is 1.75 bits per heavy atom. The molecule has 12 heavy (non-hydrogen) atoms. The smallest absolute Gasteiger partial charge is 0.349 e. The zero-order chi connectivity index (χ0) is 9.30. The van der Waals surface area contributed by atoms with Crippen LogP contribution in [-0.2, 0) is 7.05 Å². The number of hydrogen-bond acceptors (Lipinski definition) is 5. The van der Waals surface area contributed by atoms with Gasteiger partial charge in [0.05, 0.1) is 11.1 Å². The van der Waals surface area contributed by atoms with Crippen LogP contribution >= 0.6 is 0 Å². The molecule has 1 rings (SSSR count). The first-order valence-electron chi connectivity index (χ1n) is 3.00. The molecule has 0 spiro atoms. The topological polar surface area (TPSA) is 104 Å². The molecule has 0 aliphatic rings. The summed E-state index contributed by atoms with van der Waals surface area (Å²) in [4.78, 5) is 23.6. The summed E-state index contributed by atoms with van der Waals surface area (Å²) in [6.45, 7) is 0. The lowest BCUT2D eigenvalue weighted by molar-refractivity contribution is -0.384. The average Bonchev–Trinajstić information content (AvgIpc) is 1.96. The van der Waals surface area contributed by atoms with Crippen molar-refractivity contribution in [2.24, 2.45) is 7.05 Å². The molecule has 1 aromatic heterocycles. The van der Waals surface area contributed by atoms with Crippen LogP contribution in [0.4, 0.5) is 11.5 Å². The van der Waals surface area contributed by atoms with Crippen molar-refractivity contribution in [1.29, 1.82) is 0 Å². The molecule has 0 radical (unpaired) electrons. The molecule has 1 aromatic rings. The maximum atomic E-state index is 10.8. The second kappa shape index (κ2) is 2.61. The second-order valence-corrected chi connectivity index (χ2v) is 2.16. The van der Waals surface area contributed by atoms with Gasteiger partial charge in [0.15, 0.2) is 0 Å². The maximum absolute atomic E-state index is 10.8. The fourth-order valence-electron chi connectivity index (χ4n) is 0.685. The Hall–Kier alpha value is -1.92. The molecule has 0 bridgehead atoms. The van der Waals surface area contributed by atoms with E-state index in [-0.39, 0.29) is 11.5 Å². The largest absolute Gasteiger partial charge is 0.378 e. The van der Waals surface area contributed by atoms with Gasteiger partial charge >= 0.3 is 11.4 Å². The highest BCUT2D eigenvalue weighted by Crippen LogP contribution is 2.13. The van der Waals surface area contributed by atoms with Crippen molar-refractivity contribution in [3.05, 3.63) is 26.8 Å². The first-order valence-corrected chi connectivity index (χ1v) is 3.00. The highest BCUT2D eigenvalue weighted by atomic mass is 16.6. The monoisotopic (exact) mass is 170 g/mol.